The van der Waals surface area contributed by atoms with E-state index in [1.165, 1.54) is 53.9 Å². The highest BCUT2D eigenvalue weighted by molar-refractivity contribution is 8.21. The molecule has 0 radical (unpaired) electrons. The molecule has 1 aliphatic heterocycles. The fraction of sp³-hybridized carbons (Fsp3) is 0.304. The van der Waals surface area contributed by atoms with Gasteiger partial charge in [0.25, 0.3) is 0 Å². The number of carbonyl (C=O) groups is 2. The van der Waals surface area contributed by atoms with Gasteiger partial charge in [-0.1, -0.05) is 24.3 Å². The standard InChI is InChI=1S/C23H22F2O4S2/c1-23(2)28-12-17(29-23)15-9-6-10-16(19(15)25)21(27)18(22(30-3)31-4)20(26)13-7-5-8-14(24)11-13/h5-11,17H,12H2,1-4H3/t17-/m0/s1. The smallest absolute Gasteiger partial charge is 0.201 e. The molecule has 31 heavy (non-hydrogen) atoms. The lowest BCUT2D eigenvalue weighted by Gasteiger charge is -2.18. The molecule has 2 aromatic carbocycles. The van der Waals surface area contributed by atoms with Crippen molar-refractivity contribution in [3.63, 3.8) is 0 Å². The second-order valence-corrected chi connectivity index (χ2v) is 9.16. The van der Waals surface area contributed by atoms with Crippen molar-refractivity contribution in [1.29, 1.82) is 0 Å². The van der Waals surface area contributed by atoms with Gasteiger partial charge in [-0.25, -0.2) is 8.78 Å². The summed E-state index contributed by atoms with van der Waals surface area (Å²) in [4.78, 5) is 26.6. The lowest BCUT2D eigenvalue weighted by Crippen LogP contribution is -2.20. The molecule has 8 heteroatoms. The van der Waals surface area contributed by atoms with Crippen LogP contribution in [0.25, 0.3) is 0 Å². The number of Topliss-reactive ketones (excluding diaryl/α,β-unsaturated/α-hetero) is 2. The SMILES string of the molecule is CSC(SC)=C(C(=O)c1cccc(F)c1)C(=O)c1cccc([C@@H]2COC(C)(C)O2)c1F. The summed E-state index contributed by atoms with van der Waals surface area (Å²) in [6.45, 7) is 3.59. The third-order valence-electron chi connectivity index (χ3n) is 4.74. The van der Waals surface area contributed by atoms with E-state index >= 15 is 4.39 Å². The molecule has 164 valence electrons. The minimum atomic E-state index is -0.861. The summed E-state index contributed by atoms with van der Waals surface area (Å²) >= 11 is 2.41. The minimum absolute atomic E-state index is 0.0230. The highest BCUT2D eigenvalue weighted by atomic mass is 32.2. The average molecular weight is 465 g/mol. The third-order valence-corrected chi connectivity index (χ3v) is 6.89. The number of thioether (sulfide) groups is 2. The molecule has 0 bridgehead atoms. The van der Waals surface area contributed by atoms with E-state index in [1.807, 2.05) is 0 Å². The van der Waals surface area contributed by atoms with E-state index < -0.39 is 35.1 Å². The Hall–Kier alpha value is -2.00. The van der Waals surface area contributed by atoms with E-state index in [9.17, 15) is 14.0 Å². The summed E-state index contributed by atoms with van der Waals surface area (Å²) in [5.74, 6) is -3.63. The predicted octanol–water partition coefficient (Wildman–Crippen LogP) is 5.79. The van der Waals surface area contributed by atoms with Gasteiger partial charge < -0.3 is 9.47 Å². The van der Waals surface area contributed by atoms with Crippen LogP contribution in [0.5, 0.6) is 0 Å². The van der Waals surface area contributed by atoms with E-state index in [1.54, 1.807) is 32.4 Å². The van der Waals surface area contributed by atoms with Gasteiger partial charge in [-0.15, -0.1) is 23.5 Å². The molecule has 4 nitrogen and oxygen atoms in total. The van der Waals surface area contributed by atoms with Gasteiger partial charge in [-0.05, 0) is 44.6 Å². The Morgan fingerprint density at radius 3 is 2.29 bits per heavy atom. The Morgan fingerprint density at radius 2 is 1.71 bits per heavy atom. The molecule has 3 rings (SSSR count). The molecule has 0 aromatic heterocycles. The van der Waals surface area contributed by atoms with Crippen LogP contribution in [0.15, 0.2) is 52.3 Å². The van der Waals surface area contributed by atoms with Crippen LogP contribution in [-0.2, 0) is 9.47 Å². The Bertz CT molecular complexity index is 1040. The molecule has 1 fully saturated rings. The van der Waals surface area contributed by atoms with E-state index in [2.05, 4.69) is 0 Å². The maximum absolute atomic E-state index is 15.4. The highest BCUT2D eigenvalue weighted by Gasteiger charge is 2.36. The molecule has 1 atom stereocenters. The van der Waals surface area contributed by atoms with Crippen LogP contribution in [0.3, 0.4) is 0 Å². The zero-order chi connectivity index (χ0) is 22.8. The summed E-state index contributed by atoms with van der Waals surface area (Å²) in [7, 11) is 0. The molecule has 1 aliphatic rings. The maximum atomic E-state index is 15.4. The lowest BCUT2D eigenvalue weighted by atomic mass is 9.94. The second-order valence-electron chi connectivity index (χ2n) is 7.27. The number of benzene rings is 2. The number of hydrogen-bond donors (Lipinski definition) is 0. The van der Waals surface area contributed by atoms with Crippen molar-refractivity contribution in [3.05, 3.63) is 80.6 Å². The summed E-state index contributed by atoms with van der Waals surface area (Å²) in [6, 6.07) is 9.50. The van der Waals surface area contributed by atoms with Crippen molar-refractivity contribution >= 4 is 35.1 Å². The number of carbonyl (C=O) groups excluding carboxylic acids is 2. The molecule has 0 unspecified atom stereocenters. The Morgan fingerprint density at radius 1 is 1.03 bits per heavy atom. The number of ketones is 2. The van der Waals surface area contributed by atoms with Gasteiger partial charge >= 0.3 is 0 Å². The van der Waals surface area contributed by atoms with Crippen molar-refractivity contribution in [1.82, 2.24) is 0 Å². The summed E-state index contributed by atoms with van der Waals surface area (Å²) in [5.41, 5.74) is -0.227. The van der Waals surface area contributed by atoms with Crippen LogP contribution >= 0.6 is 23.5 Å². The first-order chi connectivity index (χ1) is 14.7. The van der Waals surface area contributed by atoms with Crippen LogP contribution in [0.1, 0.15) is 46.2 Å². The Kier molecular flexibility index (Phi) is 7.36. The molecule has 0 amide bonds. The van der Waals surface area contributed by atoms with Crippen molar-refractivity contribution < 1.29 is 27.8 Å². The van der Waals surface area contributed by atoms with Crippen molar-refractivity contribution in [2.75, 3.05) is 19.1 Å². The van der Waals surface area contributed by atoms with Gasteiger partial charge in [0.1, 0.15) is 17.7 Å². The number of halogens is 2. The molecule has 0 spiro atoms. The molecular formula is C23H22F2O4S2. The summed E-state index contributed by atoms with van der Waals surface area (Å²) in [5, 5.41) is 0. The van der Waals surface area contributed by atoms with Gasteiger partial charge in [0.2, 0.25) is 5.78 Å². The number of rotatable bonds is 7. The number of ether oxygens (including phenoxy) is 2. The molecule has 0 saturated carbocycles. The number of allylic oxidation sites excluding steroid dienone is 1. The van der Waals surface area contributed by atoms with Gasteiger partial charge in [0.05, 0.1) is 22.0 Å². The first-order valence-electron chi connectivity index (χ1n) is 9.46. The zero-order valence-electron chi connectivity index (χ0n) is 17.5. The van der Waals surface area contributed by atoms with E-state index in [4.69, 9.17) is 9.47 Å². The molecule has 1 heterocycles. The van der Waals surface area contributed by atoms with Crippen LogP contribution in [0.4, 0.5) is 8.78 Å². The van der Waals surface area contributed by atoms with Crippen molar-refractivity contribution in [3.8, 4) is 0 Å². The van der Waals surface area contributed by atoms with Gasteiger partial charge in [-0.2, -0.15) is 0 Å². The second kappa shape index (κ2) is 9.65. The molecule has 0 aliphatic carbocycles. The van der Waals surface area contributed by atoms with E-state index in [-0.39, 0.29) is 28.9 Å². The Labute approximate surface area is 188 Å². The highest BCUT2D eigenvalue weighted by Crippen LogP contribution is 2.36. The van der Waals surface area contributed by atoms with Crippen LogP contribution in [-0.4, -0.2) is 36.5 Å². The van der Waals surface area contributed by atoms with Crippen LogP contribution < -0.4 is 0 Å². The van der Waals surface area contributed by atoms with E-state index in [0.717, 1.165) is 6.07 Å². The molecular weight excluding hydrogens is 442 g/mol. The summed E-state index contributed by atoms with van der Waals surface area (Å²) in [6.07, 6.45) is 2.77. The lowest BCUT2D eigenvalue weighted by molar-refractivity contribution is -0.139. The molecule has 0 N–H and O–H groups in total. The fourth-order valence-electron chi connectivity index (χ4n) is 3.30. The van der Waals surface area contributed by atoms with Crippen molar-refractivity contribution in [2.24, 2.45) is 0 Å². The largest absolute Gasteiger partial charge is 0.347 e. The van der Waals surface area contributed by atoms with Crippen molar-refractivity contribution in [2.45, 2.75) is 25.7 Å². The number of hydrogen-bond acceptors (Lipinski definition) is 6. The van der Waals surface area contributed by atoms with Crippen LogP contribution in [0, 0.1) is 11.6 Å². The summed E-state index contributed by atoms with van der Waals surface area (Å²) < 4.78 is 40.8. The van der Waals surface area contributed by atoms with Gasteiger partial charge in [0.15, 0.2) is 11.6 Å². The van der Waals surface area contributed by atoms with Gasteiger partial charge in [0, 0.05) is 11.1 Å². The minimum Gasteiger partial charge on any atom is -0.347 e. The zero-order valence-corrected chi connectivity index (χ0v) is 19.2. The third kappa shape index (κ3) is 5.09. The van der Waals surface area contributed by atoms with E-state index in [0.29, 0.717) is 4.24 Å². The predicted molar refractivity (Wildman–Crippen MR) is 119 cm³/mol. The first-order valence-corrected chi connectivity index (χ1v) is 11.9. The fourth-order valence-corrected chi connectivity index (χ4v) is 4.74. The first kappa shape index (κ1) is 23.7. The normalized spacial score (nSPS) is 17.4. The monoisotopic (exact) mass is 464 g/mol. The molecule has 1 saturated heterocycles. The average Bonchev–Trinajstić information content (AvgIpc) is 3.10. The quantitative estimate of drug-likeness (QED) is 0.224. The Balaban J connectivity index is 2.06. The molecule has 2 aromatic rings. The van der Waals surface area contributed by atoms with Gasteiger partial charge in [-0.3, -0.25) is 9.59 Å². The van der Waals surface area contributed by atoms with Crippen LogP contribution in [0.2, 0.25) is 0 Å². The topological polar surface area (TPSA) is 52.6 Å². The maximum Gasteiger partial charge on any atom is 0.201 e.